The Kier molecular flexibility index (Phi) is 4.27. The molecular formula is C13H7BrCl2O2. The van der Waals surface area contributed by atoms with Crippen molar-refractivity contribution in [2.45, 2.75) is 0 Å². The van der Waals surface area contributed by atoms with Crippen molar-refractivity contribution in [3.63, 3.8) is 0 Å². The van der Waals surface area contributed by atoms with Crippen LogP contribution in [-0.2, 0) is 4.79 Å². The Hall–Kier alpha value is -1.03. The van der Waals surface area contributed by atoms with Gasteiger partial charge in [-0.1, -0.05) is 27.5 Å². The summed E-state index contributed by atoms with van der Waals surface area (Å²) in [5.41, 5.74) is 0.789. The quantitative estimate of drug-likeness (QED) is 0.569. The molecule has 0 saturated carbocycles. The van der Waals surface area contributed by atoms with Crippen LogP contribution in [0.2, 0.25) is 5.02 Å². The predicted octanol–water partition coefficient (Wildman–Crippen LogP) is 5.14. The molecule has 0 bridgehead atoms. The number of allylic oxidation sites excluding steroid dienone is 1. The van der Waals surface area contributed by atoms with Gasteiger partial charge in [-0.05, 0) is 48.0 Å². The van der Waals surface area contributed by atoms with Gasteiger partial charge >= 0.3 is 0 Å². The molecule has 2 nitrogen and oxygen atoms in total. The fraction of sp³-hybridized carbons (Fsp3) is 0. The van der Waals surface area contributed by atoms with E-state index in [1.54, 1.807) is 18.2 Å². The van der Waals surface area contributed by atoms with Crippen molar-refractivity contribution >= 4 is 50.5 Å². The first-order valence-corrected chi connectivity index (χ1v) is 6.54. The lowest BCUT2D eigenvalue weighted by molar-refractivity contribution is -0.107. The number of carbonyl (C=O) groups is 1. The summed E-state index contributed by atoms with van der Waals surface area (Å²) in [6, 6.07) is 9.04. The van der Waals surface area contributed by atoms with Crippen molar-refractivity contribution < 1.29 is 9.21 Å². The van der Waals surface area contributed by atoms with E-state index in [0.29, 0.717) is 16.5 Å². The van der Waals surface area contributed by atoms with Gasteiger partial charge in [-0.3, -0.25) is 4.79 Å². The van der Waals surface area contributed by atoms with Crippen LogP contribution in [0.3, 0.4) is 0 Å². The van der Waals surface area contributed by atoms with Gasteiger partial charge in [0, 0.05) is 16.1 Å². The second kappa shape index (κ2) is 5.74. The van der Waals surface area contributed by atoms with Crippen molar-refractivity contribution in [2.75, 3.05) is 0 Å². The zero-order valence-electron chi connectivity index (χ0n) is 8.99. The average molecular weight is 346 g/mol. The number of halogens is 3. The summed E-state index contributed by atoms with van der Waals surface area (Å²) in [7, 11) is 0. The van der Waals surface area contributed by atoms with Gasteiger partial charge in [0.15, 0.2) is 0 Å². The Balaban J connectivity index is 2.32. The van der Waals surface area contributed by atoms with Crippen molar-refractivity contribution in [3.8, 4) is 11.3 Å². The summed E-state index contributed by atoms with van der Waals surface area (Å²) in [6.07, 6.45) is 2.74. The first kappa shape index (κ1) is 13.4. The van der Waals surface area contributed by atoms with Crippen LogP contribution in [0, 0.1) is 0 Å². The first-order valence-electron chi connectivity index (χ1n) is 4.99. The molecule has 1 heterocycles. The molecular weight excluding hydrogens is 339 g/mol. The number of benzene rings is 1. The molecule has 1 aromatic carbocycles. The van der Waals surface area contributed by atoms with Gasteiger partial charge in [0.05, 0.1) is 5.02 Å². The van der Waals surface area contributed by atoms with Crippen LogP contribution in [0.25, 0.3) is 17.4 Å². The Morgan fingerprint density at radius 3 is 2.72 bits per heavy atom. The number of carbonyl (C=O) groups excluding carboxylic acids is 1. The zero-order valence-corrected chi connectivity index (χ0v) is 12.1. The average Bonchev–Trinajstić information content (AvgIpc) is 2.75. The van der Waals surface area contributed by atoms with Gasteiger partial charge in [0.2, 0.25) is 5.24 Å². The number of rotatable bonds is 3. The van der Waals surface area contributed by atoms with Gasteiger partial charge in [-0.2, -0.15) is 0 Å². The fourth-order valence-electron chi connectivity index (χ4n) is 1.42. The van der Waals surface area contributed by atoms with Crippen LogP contribution in [0.4, 0.5) is 0 Å². The molecule has 0 fully saturated rings. The van der Waals surface area contributed by atoms with Crippen LogP contribution in [0.5, 0.6) is 0 Å². The highest BCUT2D eigenvalue weighted by Gasteiger charge is 2.08. The fourth-order valence-corrected chi connectivity index (χ4v) is 2.25. The maximum absolute atomic E-state index is 10.6. The van der Waals surface area contributed by atoms with Crippen LogP contribution in [-0.4, -0.2) is 5.24 Å². The van der Waals surface area contributed by atoms with Crippen LogP contribution >= 0.6 is 39.1 Å². The summed E-state index contributed by atoms with van der Waals surface area (Å²) >= 11 is 14.7. The zero-order chi connectivity index (χ0) is 13.1. The predicted molar refractivity (Wildman–Crippen MR) is 76.7 cm³/mol. The smallest absolute Gasteiger partial charge is 0.245 e. The van der Waals surface area contributed by atoms with Crippen LogP contribution < -0.4 is 0 Å². The number of furan rings is 1. The normalized spacial score (nSPS) is 11.1. The summed E-state index contributed by atoms with van der Waals surface area (Å²) in [5, 5.41) is 0.0392. The van der Waals surface area contributed by atoms with Gasteiger partial charge < -0.3 is 4.42 Å². The highest BCUT2D eigenvalue weighted by Crippen LogP contribution is 2.31. The monoisotopic (exact) mass is 344 g/mol. The third-order valence-electron chi connectivity index (χ3n) is 2.20. The molecule has 18 heavy (non-hydrogen) atoms. The highest BCUT2D eigenvalue weighted by atomic mass is 79.9. The molecule has 0 radical (unpaired) electrons. The van der Waals surface area contributed by atoms with E-state index in [9.17, 15) is 4.79 Å². The van der Waals surface area contributed by atoms with Crippen molar-refractivity contribution in [1.29, 1.82) is 0 Å². The second-order valence-corrected chi connectivity index (χ2v) is 5.16. The van der Waals surface area contributed by atoms with E-state index in [1.807, 2.05) is 12.1 Å². The van der Waals surface area contributed by atoms with Crippen LogP contribution in [0.1, 0.15) is 5.76 Å². The molecule has 0 amide bonds. The van der Waals surface area contributed by atoms with Crippen molar-refractivity contribution in [3.05, 3.63) is 51.7 Å². The van der Waals surface area contributed by atoms with Gasteiger partial charge in [0.1, 0.15) is 11.5 Å². The maximum atomic E-state index is 10.6. The SMILES string of the molecule is O=C(Cl)/C=C/c1ccc(-c2ccc(Br)cc2Cl)o1. The van der Waals surface area contributed by atoms with Crippen LogP contribution in [0.15, 0.2) is 45.3 Å². The summed E-state index contributed by atoms with van der Waals surface area (Å²) < 4.78 is 6.44. The molecule has 0 aliphatic carbocycles. The molecule has 0 saturated heterocycles. The Morgan fingerprint density at radius 1 is 1.28 bits per heavy atom. The van der Waals surface area contributed by atoms with E-state index in [1.165, 1.54) is 12.2 Å². The van der Waals surface area contributed by atoms with E-state index in [4.69, 9.17) is 27.6 Å². The number of hydrogen-bond donors (Lipinski definition) is 0. The molecule has 0 unspecified atom stereocenters. The third kappa shape index (κ3) is 3.25. The van der Waals surface area contributed by atoms with E-state index >= 15 is 0 Å². The van der Waals surface area contributed by atoms with E-state index in [2.05, 4.69) is 15.9 Å². The van der Waals surface area contributed by atoms with Crippen molar-refractivity contribution in [1.82, 2.24) is 0 Å². The van der Waals surface area contributed by atoms with E-state index < -0.39 is 5.24 Å². The standard InChI is InChI=1S/C13H7BrCl2O2/c14-8-1-4-10(11(15)7-8)12-5-2-9(18-12)3-6-13(16)17/h1-7H/b6-3+. The molecule has 0 aliphatic rings. The molecule has 2 aromatic rings. The topological polar surface area (TPSA) is 30.2 Å². The Morgan fingerprint density at radius 2 is 2.06 bits per heavy atom. The Bertz CT molecular complexity index is 617. The van der Waals surface area contributed by atoms with Gasteiger partial charge in [0.25, 0.3) is 0 Å². The number of hydrogen-bond acceptors (Lipinski definition) is 2. The largest absolute Gasteiger partial charge is 0.457 e. The van der Waals surface area contributed by atoms with Crippen molar-refractivity contribution in [2.24, 2.45) is 0 Å². The molecule has 0 spiro atoms. The first-order chi connectivity index (χ1) is 8.56. The molecule has 92 valence electrons. The summed E-state index contributed by atoms with van der Waals surface area (Å²) in [5.74, 6) is 1.17. The lowest BCUT2D eigenvalue weighted by Gasteiger charge is -2.00. The van der Waals surface area contributed by atoms with Gasteiger partial charge in [-0.25, -0.2) is 0 Å². The van der Waals surface area contributed by atoms with Gasteiger partial charge in [-0.15, -0.1) is 0 Å². The minimum Gasteiger partial charge on any atom is -0.457 e. The lowest BCUT2D eigenvalue weighted by Crippen LogP contribution is -1.76. The summed E-state index contributed by atoms with van der Waals surface area (Å²) in [6.45, 7) is 0. The molecule has 2 rings (SSSR count). The Labute approximate surface area is 122 Å². The van der Waals surface area contributed by atoms with E-state index in [0.717, 1.165) is 10.0 Å². The second-order valence-electron chi connectivity index (χ2n) is 3.46. The van der Waals surface area contributed by atoms with E-state index in [-0.39, 0.29) is 0 Å². The molecule has 1 aromatic heterocycles. The maximum Gasteiger partial charge on any atom is 0.245 e. The molecule has 0 aliphatic heterocycles. The molecule has 0 atom stereocenters. The third-order valence-corrected chi connectivity index (χ3v) is 3.13. The lowest BCUT2D eigenvalue weighted by atomic mass is 10.2. The minimum atomic E-state index is -0.547. The molecule has 5 heteroatoms. The molecule has 0 N–H and O–H groups in total. The highest BCUT2D eigenvalue weighted by molar-refractivity contribution is 9.10. The summed E-state index contributed by atoms with van der Waals surface area (Å²) in [4.78, 5) is 10.6. The minimum absolute atomic E-state index is 0.540.